The van der Waals surface area contributed by atoms with Crippen LogP contribution in [-0.2, 0) is 14.8 Å². The van der Waals surface area contributed by atoms with Gasteiger partial charge in [-0.15, -0.1) is 0 Å². The second kappa shape index (κ2) is 10.4. The number of halogens is 1. The molecule has 164 valence electrons. The smallest absolute Gasteiger partial charge is 0.232 e. The largest absolute Gasteiger partial charge is 0.491 e. The van der Waals surface area contributed by atoms with Crippen molar-refractivity contribution in [3.05, 3.63) is 59.4 Å². The van der Waals surface area contributed by atoms with E-state index in [0.29, 0.717) is 6.61 Å². The van der Waals surface area contributed by atoms with Crippen molar-refractivity contribution in [3.8, 4) is 5.75 Å². The lowest BCUT2D eigenvalue weighted by molar-refractivity contribution is -0.121. The summed E-state index contributed by atoms with van der Waals surface area (Å²) >= 11 is 0. The number of hydrogen-bond donors (Lipinski definition) is 1. The van der Waals surface area contributed by atoms with Crippen LogP contribution in [-0.4, -0.2) is 39.8 Å². The SMILES string of the molecule is Cc1ccc(OCC(C)NC(=O)CCCN(c2ccccc2F)S(C)(=O)=O)cc1C. The summed E-state index contributed by atoms with van der Waals surface area (Å²) in [4.78, 5) is 12.2. The van der Waals surface area contributed by atoms with Crippen molar-refractivity contribution < 1.29 is 22.3 Å². The van der Waals surface area contributed by atoms with Gasteiger partial charge in [0.05, 0.1) is 18.0 Å². The van der Waals surface area contributed by atoms with E-state index in [1.165, 1.54) is 23.8 Å². The van der Waals surface area contributed by atoms with Gasteiger partial charge in [0, 0.05) is 13.0 Å². The van der Waals surface area contributed by atoms with E-state index in [4.69, 9.17) is 4.74 Å². The number of sulfonamides is 1. The maximum atomic E-state index is 14.0. The van der Waals surface area contributed by atoms with Gasteiger partial charge in [0.2, 0.25) is 15.9 Å². The Labute approximate surface area is 178 Å². The fraction of sp³-hybridized carbons (Fsp3) is 0.409. The first-order valence-electron chi connectivity index (χ1n) is 9.79. The zero-order chi connectivity index (χ0) is 22.3. The van der Waals surface area contributed by atoms with Gasteiger partial charge in [-0.05, 0) is 62.6 Å². The summed E-state index contributed by atoms with van der Waals surface area (Å²) < 4.78 is 44.8. The number of carbonyl (C=O) groups excluding carboxylic acids is 1. The van der Waals surface area contributed by atoms with Gasteiger partial charge in [0.1, 0.15) is 18.2 Å². The van der Waals surface area contributed by atoms with E-state index in [2.05, 4.69) is 5.32 Å². The Morgan fingerprint density at radius 1 is 1.17 bits per heavy atom. The molecule has 0 fully saturated rings. The quantitative estimate of drug-likeness (QED) is 0.618. The molecule has 0 spiro atoms. The van der Waals surface area contributed by atoms with Crippen LogP contribution in [0.25, 0.3) is 0 Å². The van der Waals surface area contributed by atoms with E-state index in [0.717, 1.165) is 21.9 Å². The van der Waals surface area contributed by atoms with E-state index in [1.807, 2.05) is 39.0 Å². The number of nitrogens with one attached hydrogen (secondary N) is 1. The number of rotatable bonds is 10. The standard InChI is InChI=1S/C22H29FN2O4S/c1-16-11-12-19(14-17(16)2)29-15-18(3)24-22(26)10-7-13-25(30(4,27)28)21-9-6-5-8-20(21)23/h5-6,8-9,11-12,14,18H,7,10,13,15H2,1-4H3,(H,24,26). The van der Waals surface area contributed by atoms with Crippen LogP contribution in [0, 0.1) is 19.7 Å². The first-order valence-corrected chi connectivity index (χ1v) is 11.6. The van der Waals surface area contributed by atoms with Crippen molar-refractivity contribution in [2.75, 3.05) is 23.7 Å². The maximum Gasteiger partial charge on any atom is 0.232 e. The third-order valence-corrected chi connectivity index (χ3v) is 5.85. The van der Waals surface area contributed by atoms with E-state index >= 15 is 0 Å². The van der Waals surface area contributed by atoms with Gasteiger partial charge in [-0.25, -0.2) is 12.8 Å². The Hall–Kier alpha value is -2.61. The van der Waals surface area contributed by atoms with Crippen LogP contribution in [0.2, 0.25) is 0 Å². The third kappa shape index (κ3) is 7.02. The number of aryl methyl sites for hydroxylation is 2. The number of para-hydroxylation sites is 1. The normalized spacial score (nSPS) is 12.3. The summed E-state index contributed by atoms with van der Waals surface area (Å²) in [5.74, 6) is -0.0921. The number of hydrogen-bond acceptors (Lipinski definition) is 4. The van der Waals surface area contributed by atoms with E-state index in [1.54, 1.807) is 6.07 Å². The molecule has 2 rings (SSSR count). The highest BCUT2D eigenvalue weighted by molar-refractivity contribution is 7.92. The summed E-state index contributed by atoms with van der Waals surface area (Å²) in [6.45, 7) is 6.20. The Morgan fingerprint density at radius 2 is 1.87 bits per heavy atom. The lowest BCUT2D eigenvalue weighted by Crippen LogP contribution is -2.37. The Morgan fingerprint density at radius 3 is 2.50 bits per heavy atom. The minimum Gasteiger partial charge on any atom is -0.491 e. The molecular weight excluding hydrogens is 407 g/mol. The topological polar surface area (TPSA) is 75.7 Å². The molecule has 0 aromatic heterocycles. The molecule has 0 aliphatic heterocycles. The molecule has 30 heavy (non-hydrogen) atoms. The minimum atomic E-state index is -3.67. The second-order valence-electron chi connectivity index (χ2n) is 7.42. The molecule has 0 aliphatic rings. The summed E-state index contributed by atoms with van der Waals surface area (Å²) in [6.07, 6.45) is 1.40. The summed E-state index contributed by atoms with van der Waals surface area (Å²) in [7, 11) is -3.67. The summed E-state index contributed by atoms with van der Waals surface area (Å²) in [5, 5.41) is 2.83. The Balaban J connectivity index is 1.82. The van der Waals surface area contributed by atoms with Crippen molar-refractivity contribution in [1.29, 1.82) is 0 Å². The number of anilines is 1. The number of amides is 1. The Bertz CT molecular complexity index is 979. The van der Waals surface area contributed by atoms with Gasteiger partial charge in [0.25, 0.3) is 0 Å². The molecule has 1 amide bonds. The molecule has 0 saturated heterocycles. The zero-order valence-corrected chi connectivity index (χ0v) is 18.6. The van der Waals surface area contributed by atoms with Gasteiger partial charge in [-0.2, -0.15) is 0 Å². The van der Waals surface area contributed by atoms with E-state index in [9.17, 15) is 17.6 Å². The molecule has 2 aromatic rings. The monoisotopic (exact) mass is 436 g/mol. The first kappa shape index (κ1) is 23.7. The van der Waals surface area contributed by atoms with Crippen LogP contribution < -0.4 is 14.4 Å². The third-order valence-electron chi connectivity index (χ3n) is 4.67. The number of nitrogens with zero attached hydrogens (tertiary/aromatic N) is 1. The molecule has 0 bridgehead atoms. The van der Waals surface area contributed by atoms with Gasteiger partial charge >= 0.3 is 0 Å². The molecular formula is C22H29FN2O4S. The molecule has 6 nitrogen and oxygen atoms in total. The number of carbonyl (C=O) groups is 1. The van der Waals surface area contributed by atoms with Crippen molar-refractivity contribution in [2.24, 2.45) is 0 Å². The molecule has 0 heterocycles. The molecule has 0 aliphatic carbocycles. The Kier molecular flexibility index (Phi) is 8.23. The first-order chi connectivity index (χ1) is 14.1. The highest BCUT2D eigenvalue weighted by atomic mass is 32.2. The zero-order valence-electron chi connectivity index (χ0n) is 17.8. The molecule has 1 atom stereocenters. The lowest BCUT2D eigenvalue weighted by atomic mass is 10.1. The highest BCUT2D eigenvalue weighted by Gasteiger charge is 2.20. The summed E-state index contributed by atoms with van der Waals surface area (Å²) in [5.41, 5.74) is 2.30. The fourth-order valence-electron chi connectivity index (χ4n) is 2.92. The predicted molar refractivity (Wildman–Crippen MR) is 117 cm³/mol. The van der Waals surface area contributed by atoms with Crippen LogP contribution in [0.15, 0.2) is 42.5 Å². The molecule has 0 radical (unpaired) electrons. The van der Waals surface area contributed by atoms with Crippen LogP contribution in [0.4, 0.5) is 10.1 Å². The van der Waals surface area contributed by atoms with Crippen LogP contribution >= 0.6 is 0 Å². The molecule has 0 saturated carbocycles. The average molecular weight is 437 g/mol. The van der Waals surface area contributed by atoms with Crippen LogP contribution in [0.5, 0.6) is 5.75 Å². The van der Waals surface area contributed by atoms with Gasteiger partial charge in [-0.1, -0.05) is 18.2 Å². The molecule has 1 N–H and O–H groups in total. The minimum absolute atomic E-state index is 0.0146. The lowest BCUT2D eigenvalue weighted by Gasteiger charge is -2.23. The van der Waals surface area contributed by atoms with Crippen molar-refractivity contribution >= 4 is 21.6 Å². The fourth-order valence-corrected chi connectivity index (χ4v) is 3.88. The van der Waals surface area contributed by atoms with Crippen LogP contribution in [0.3, 0.4) is 0 Å². The highest BCUT2D eigenvalue weighted by Crippen LogP contribution is 2.22. The van der Waals surface area contributed by atoms with Crippen LogP contribution in [0.1, 0.15) is 30.9 Å². The van der Waals surface area contributed by atoms with Crippen molar-refractivity contribution in [1.82, 2.24) is 5.32 Å². The molecule has 1 unspecified atom stereocenters. The average Bonchev–Trinajstić information content (AvgIpc) is 2.66. The van der Waals surface area contributed by atoms with E-state index < -0.39 is 15.8 Å². The van der Waals surface area contributed by atoms with Gasteiger partial charge in [0.15, 0.2) is 0 Å². The molecule has 2 aromatic carbocycles. The van der Waals surface area contributed by atoms with Crippen molar-refractivity contribution in [2.45, 2.75) is 39.7 Å². The second-order valence-corrected chi connectivity index (χ2v) is 9.32. The molecule has 8 heteroatoms. The van der Waals surface area contributed by atoms with Crippen molar-refractivity contribution in [3.63, 3.8) is 0 Å². The predicted octanol–water partition coefficient (Wildman–Crippen LogP) is 3.57. The number of benzene rings is 2. The number of ether oxygens (including phenoxy) is 1. The summed E-state index contributed by atoms with van der Waals surface area (Å²) in [6, 6.07) is 11.3. The maximum absolute atomic E-state index is 14.0. The van der Waals surface area contributed by atoms with E-state index in [-0.39, 0.29) is 37.0 Å². The van der Waals surface area contributed by atoms with Gasteiger partial charge < -0.3 is 10.1 Å². The van der Waals surface area contributed by atoms with Gasteiger partial charge in [-0.3, -0.25) is 9.10 Å².